The predicted molar refractivity (Wildman–Crippen MR) is 31.8 cm³/mol. The highest BCUT2D eigenvalue weighted by molar-refractivity contribution is 4.89. The van der Waals surface area contributed by atoms with Crippen LogP contribution in [0.5, 0.6) is 0 Å². The monoisotopic (exact) mass is 190 g/mol. The Morgan fingerprint density at radius 3 is 1.83 bits per heavy atom. The van der Waals surface area contributed by atoms with Gasteiger partial charge >= 0.3 is 12.1 Å². The Morgan fingerprint density at radius 1 is 1.00 bits per heavy atom. The van der Waals surface area contributed by atoms with Gasteiger partial charge in [0, 0.05) is 6.42 Å². The highest BCUT2D eigenvalue weighted by atomic mass is 19.4. The molecule has 0 rings (SSSR count). The molecule has 0 aliphatic carbocycles. The van der Waals surface area contributed by atoms with E-state index in [4.69, 9.17) is 5.11 Å². The molecule has 0 aromatic heterocycles. The number of allylic oxidation sites excluding steroid dienone is 1. The van der Waals surface area contributed by atoms with Crippen molar-refractivity contribution in [3.05, 3.63) is 12.2 Å². The summed E-state index contributed by atoms with van der Waals surface area (Å²) >= 11 is 0. The summed E-state index contributed by atoms with van der Waals surface area (Å²) < 4.78 is 58.2. The van der Waals surface area contributed by atoms with E-state index in [-0.39, 0.29) is 0 Å². The maximum Gasteiger partial charge on any atom is 0.453 e. The Balaban J connectivity index is 4.14. The molecule has 12 heavy (non-hydrogen) atoms. The number of aliphatic hydroxyl groups is 1. The minimum absolute atomic E-state index is 0.548. The van der Waals surface area contributed by atoms with Crippen LogP contribution in [0, 0.1) is 0 Å². The summed E-state index contributed by atoms with van der Waals surface area (Å²) in [6.07, 6.45) is -5.53. The second-order valence-electron chi connectivity index (χ2n) is 2.06. The molecule has 0 unspecified atom stereocenters. The average molecular weight is 190 g/mol. The fraction of sp³-hybridized carbons (Fsp3) is 0.667. The van der Waals surface area contributed by atoms with Gasteiger partial charge in [0.1, 0.15) is 0 Å². The maximum atomic E-state index is 12.0. The van der Waals surface area contributed by atoms with Crippen molar-refractivity contribution < 1.29 is 27.1 Å². The summed E-state index contributed by atoms with van der Waals surface area (Å²) in [7, 11) is 0. The van der Waals surface area contributed by atoms with E-state index < -0.39 is 25.1 Å². The van der Waals surface area contributed by atoms with E-state index in [0.29, 0.717) is 6.08 Å². The van der Waals surface area contributed by atoms with Gasteiger partial charge in [0.25, 0.3) is 0 Å². The number of alkyl halides is 5. The van der Waals surface area contributed by atoms with Crippen LogP contribution in [-0.2, 0) is 0 Å². The van der Waals surface area contributed by atoms with Crippen molar-refractivity contribution in [2.45, 2.75) is 18.5 Å². The molecule has 0 aromatic rings. The molecule has 0 aliphatic rings. The van der Waals surface area contributed by atoms with E-state index in [0.717, 1.165) is 6.08 Å². The quantitative estimate of drug-likeness (QED) is 0.533. The number of rotatable bonds is 3. The lowest BCUT2D eigenvalue weighted by atomic mass is 10.2. The highest BCUT2D eigenvalue weighted by Gasteiger charge is 2.56. The Bertz CT molecular complexity index is 160. The number of aliphatic hydroxyl groups excluding tert-OH is 1. The molecular weight excluding hydrogens is 183 g/mol. The summed E-state index contributed by atoms with van der Waals surface area (Å²) in [6, 6.07) is 0. The topological polar surface area (TPSA) is 20.2 Å². The molecule has 72 valence electrons. The van der Waals surface area contributed by atoms with Crippen LogP contribution >= 0.6 is 0 Å². The lowest BCUT2D eigenvalue weighted by Gasteiger charge is -2.17. The summed E-state index contributed by atoms with van der Waals surface area (Å²) in [5.41, 5.74) is 0. The minimum atomic E-state index is -5.52. The molecule has 0 spiro atoms. The molecule has 0 amide bonds. The van der Waals surface area contributed by atoms with Crippen molar-refractivity contribution in [3.8, 4) is 0 Å². The van der Waals surface area contributed by atoms with Crippen LogP contribution in [0.3, 0.4) is 0 Å². The zero-order valence-electron chi connectivity index (χ0n) is 5.91. The second-order valence-corrected chi connectivity index (χ2v) is 2.06. The smallest absolute Gasteiger partial charge is 0.392 e. The molecule has 0 fully saturated rings. The summed E-state index contributed by atoms with van der Waals surface area (Å²) in [4.78, 5) is 0. The first-order valence-electron chi connectivity index (χ1n) is 3.01. The number of halogens is 5. The van der Waals surface area contributed by atoms with Gasteiger partial charge in [0.2, 0.25) is 0 Å². The normalized spacial score (nSPS) is 14.2. The van der Waals surface area contributed by atoms with Crippen molar-refractivity contribution >= 4 is 0 Å². The van der Waals surface area contributed by atoms with Gasteiger partial charge in [-0.05, 0) is 0 Å². The van der Waals surface area contributed by atoms with Gasteiger partial charge in [-0.1, -0.05) is 12.2 Å². The maximum absolute atomic E-state index is 12.0. The molecule has 1 N–H and O–H groups in total. The number of hydrogen-bond acceptors (Lipinski definition) is 1. The summed E-state index contributed by atoms with van der Waals surface area (Å²) in [5.74, 6) is -4.71. The molecule has 0 bridgehead atoms. The molecule has 6 heteroatoms. The first-order valence-corrected chi connectivity index (χ1v) is 3.01. The summed E-state index contributed by atoms with van der Waals surface area (Å²) in [5, 5.41) is 8.05. The van der Waals surface area contributed by atoms with E-state index >= 15 is 0 Å². The van der Waals surface area contributed by atoms with E-state index in [9.17, 15) is 22.0 Å². The summed E-state index contributed by atoms with van der Waals surface area (Å²) in [6.45, 7) is -0.548. The Hall–Kier alpha value is -0.650. The Morgan fingerprint density at radius 2 is 1.50 bits per heavy atom. The van der Waals surface area contributed by atoms with Crippen molar-refractivity contribution in [1.29, 1.82) is 0 Å². The fourth-order valence-electron chi connectivity index (χ4n) is 0.422. The largest absolute Gasteiger partial charge is 0.453 e. The fourth-order valence-corrected chi connectivity index (χ4v) is 0.422. The van der Waals surface area contributed by atoms with Gasteiger partial charge in [-0.3, -0.25) is 0 Å². The van der Waals surface area contributed by atoms with Crippen LogP contribution in [0.4, 0.5) is 22.0 Å². The first-order chi connectivity index (χ1) is 5.31. The zero-order chi connectivity index (χ0) is 9.83. The zero-order valence-corrected chi connectivity index (χ0v) is 5.91. The van der Waals surface area contributed by atoms with Crippen LogP contribution in [0.15, 0.2) is 12.2 Å². The Labute approximate surface area is 65.5 Å². The van der Waals surface area contributed by atoms with Crippen molar-refractivity contribution in [2.24, 2.45) is 0 Å². The third kappa shape index (κ3) is 3.17. The predicted octanol–water partition coefficient (Wildman–Crippen LogP) is 2.12. The minimum Gasteiger partial charge on any atom is -0.392 e. The first kappa shape index (κ1) is 11.4. The standard InChI is InChI=1S/C6H7F5O/c7-5(8,6(9,10)11)3-1-2-4-12/h1-2,12H,3-4H2. The number of hydrogen-bond donors (Lipinski definition) is 1. The Kier molecular flexibility index (Phi) is 3.63. The molecule has 0 aliphatic heterocycles. The molecule has 0 saturated heterocycles. The molecule has 0 saturated carbocycles. The van der Waals surface area contributed by atoms with Crippen LogP contribution in [-0.4, -0.2) is 23.8 Å². The molecule has 0 heterocycles. The second kappa shape index (κ2) is 3.84. The van der Waals surface area contributed by atoms with Crippen LogP contribution in [0.25, 0.3) is 0 Å². The highest BCUT2D eigenvalue weighted by Crippen LogP contribution is 2.38. The van der Waals surface area contributed by atoms with Gasteiger partial charge in [-0.2, -0.15) is 22.0 Å². The molecule has 0 aromatic carbocycles. The van der Waals surface area contributed by atoms with E-state index in [1.807, 2.05) is 0 Å². The van der Waals surface area contributed by atoms with Gasteiger partial charge in [-0.15, -0.1) is 0 Å². The van der Waals surface area contributed by atoms with Crippen molar-refractivity contribution in [3.63, 3.8) is 0 Å². The third-order valence-electron chi connectivity index (χ3n) is 1.06. The molecular formula is C6H7F5O. The lowest BCUT2D eigenvalue weighted by Crippen LogP contribution is -2.35. The van der Waals surface area contributed by atoms with Crippen LogP contribution in [0.1, 0.15) is 6.42 Å². The van der Waals surface area contributed by atoms with Gasteiger partial charge < -0.3 is 5.11 Å². The van der Waals surface area contributed by atoms with E-state index in [1.165, 1.54) is 0 Å². The van der Waals surface area contributed by atoms with Gasteiger partial charge in [0.15, 0.2) is 0 Å². The van der Waals surface area contributed by atoms with Gasteiger partial charge in [-0.25, -0.2) is 0 Å². The van der Waals surface area contributed by atoms with Crippen molar-refractivity contribution in [2.75, 3.05) is 6.61 Å². The third-order valence-corrected chi connectivity index (χ3v) is 1.06. The van der Waals surface area contributed by atoms with Crippen LogP contribution < -0.4 is 0 Å². The lowest BCUT2D eigenvalue weighted by molar-refractivity contribution is -0.280. The molecule has 0 atom stereocenters. The van der Waals surface area contributed by atoms with Gasteiger partial charge in [0.05, 0.1) is 6.61 Å². The SMILES string of the molecule is OCC=CCC(F)(F)C(F)(F)F. The van der Waals surface area contributed by atoms with E-state index in [1.54, 1.807) is 0 Å². The molecule has 1 nitrogen and oxygen atoms in total. The van der Waals surface area contributed by atoms with Crippen LogP contribution in [0.2, 0.25) is 0 Å². The van der Waals surface area contributed by atoms with E-state index in [2.05, 4.69) is 0 Å². The average Bonchev–Trinajstić information content (AvgIpc) is 1.85. The molecule has 0 radical (unpaired) electrons. The van der Waals surface area contributed by atoms with Crippen molar-refractivity contribution in [1.82, 2.24) is 0 Å².